The molecule has 1 aromatic heterocycles. The number of hydrogen-bond donors (Lipinski definition) is 2. The lowest BCUT2D eigenvalue weighted by Gasteiger charge is -2.40. The van der Waals surface area contributed by atoms with Crippen molar-refractivity contribution in [3.8, 4) is 0 Å². The third kappa shape index (κ3) is 10.8. The predicted octanol–water partition coefficient (Wildman–Crippen LogP) is 3.67. The van der Waals surface area contributed by atoms with Crippen molar-refractivity contribution in [2.24, 2.45) is 11.3 Å². The minimum atomic E-state index is -5.08. The molecule has 2 unspecified atom stereocenters. The molecule has 4 heterocycles. The monoisotopic (exact) mass is 543 g/mol. The zero-order chi connectivity index (χ0) is 27.7. The quantitative estimate of drug-likeness (QED) is 0.555. The van der Waals surface area contributed by atoms with Crippen LogP contribution in [-0.2, 0) is 20.9 Å². The summed E-state index contributed by atoms with van der Waals surface area (Å²) >= 11 is 0. The van der Waals surface area contributed by atoms with E-state index in [0.29, 0.717) is 5.41 Å². The summed E-state index contributed by atoms with van der Waals surface area (Å²) in [5.74, 6) is -4.74. The van der Waals surface area contributed by atoms with Crippen LogP contribution in [-0.4, -0.2) is 95.2 Å². The number of ether oxygens (including phenoxy) is 1. The van der Waals surface area contributed by atoms with Gasteiger partial charge in [-0.05, 0) is 62.2 Å². The number of alkyl halides is 6. The van der Waals surface area contributed by atoms with Gasteiger partial charge >= 0.3 is 24.3 Å². The van der Waals surface area contributed by atoms with Crippen LogP contribution < -0.4 is 0 Å². The standard InChI is InChI=1S/C19H29N3O.2C2HF3O2/c1-2-8-20-18(4-1)13-21-9-3-6-19(15-21)7-10-22(16-19)12-17-5-11-23-14-17;2*3-2(4,5)1(6)7/h1-2,4,8,17H,3,5-7,9-16H2;2*(H,6,7). The number of hydrogen-bond acceptors (Lipinski definition) is 6. The lowest BCUT2D eigenvalue weighted by molar-refractivity contribution is -0.193. The van der Waals surface area contributed by atoms with Crippen LogP contribution in [0.15, 0.2) is 24.4 Å². The Morgan fingerprint density at radius 1 is 1.00 bits per heavy atom. The molecule has 0 amide bonds. The van der Waals surface area contributed by atoms with E-state index < -0.39 is 24.3 Å². The van der Waals surface area contributed by atoms with Crippen LogP contribution in [0, 0.1) is 11.3 Å². The fourth-order valence-electron chi connectivity index (χ4n) is 4.77. The molecule has 8 nitrogen and oxygen atoms in total. The summed E-state index contributed by atoms with van der Waals surface area (Å²) in [6.07, 6.45) is -2.87. The van der Waals surface area contributed by atoms with Gasteiger partial charge in [-0.15, -0.1) is 0 Å². The van der Waals surface area contributed by atoms with E-state index in [4.69, 9.17) is 24.5 Å². The molecule has 0 radical (unpaired) electrons. The molecule has 0 saturated carbocycles. The third-order valence-electron chi connectivity index (χ3n) is 6.39. The van der Waals surface area contributed by atoms with Gasteiger partial charge in [0.2, 0.25) is 0 Å². The number of halogens is 6. The van der Waals surface area contributed by atoms with Crippen LogP contribution in [0.3, 0.4) is 0 Å². The number of carboxylic acid groups (broad SMARTS) is 2. The van der Waals surface area contributed by atoms with Crippen molar-refractivity contribution in [3.63, 3.8) is 0 Å². The highest BCUT2D eigenvalue weighted by Crippen LogP contribution is 2.39. The van der Waals surface area contributed by atoms with Crippen LogP contribution in [0.1, 0.15) is 31.4 Å². The van der Waals surface area contributed by atoms with E-state index in [9.17, 15) is 26.3 Å². The fraction of sp³-hybridized carbons (Fsp3) is 0.696. The third-order valence-corrected chi connectivity index (χ3v) is 6.39. The summed E-state index contributed by atoms with van der Waals surface area (Å²) in [6.45, 7) is 9.28. The number of rotatable bonds is 4. The molecule has 0 aromatic carbocycles. The van der Waals surface area contributed by atoms with Crippen LogP contribution >= 0.6 is 0 Å². The fourth-order valence-corrected chi connectivity index (χ4v) is 4.77. The molecule has 37 heavy (non-hydrogen) atoms. The van der Waals surface area contributed by atoms with Crippen LogP contribution in [0.5, 0.6) is 0 Å². The molecule has 0 bridgehead atoms. The Hall–Kier alpha value is -2.45. The number of pyridine rings is 1. The molecule has 3 saturated heterocycles. The lowest BCUT2D eigenvalue weighted by atomic mass is 9.79. The van der Waals surface area contributed by atoms with Crippen molar-refractivity contribution in [2.75, 3.05) is 45.9 Å². The van der Waals surface area contributed by atoms with E-state index in [2.05, 4.69) is 26.9 Å². The Kier molecular flexibility index (Phi) is 11.1. The number of likely N-dealkylation sites (tertiary alicyclic amines) is 2. The predicted molar refractivity (Wildman–Crippen MR) is 119 cm³/mol. The van der Waals surface area contributed by atoms with Crippen LogP contribution in [0.2, 0.25) is 0 Å². The number of piperidine rings is 1. The first-order chi connectivity index (χ1) is 17.2. The van der Waals surface area contributed by atoms with Gasteiger partial charge in [0.05, 0.1) is 12.3 Å². The molecular weight excluding hydrogens is 512 g/mol. The van der Waals surface area contributed by atoms with Gasteiger partial charge in [0.1, 0.15) is 0 Å². The molecule has 3 fully saturated rings. The van der Waals surface area contributed by atoms with Gasteiger partial charge in [-0.2, -0.15) is 26.3 Å². The zero-order valence-corrected chi connectivity index (χ0v) is 20.1. The molecule has 210 valence electrons. The number of nitrogens with zero attached hydrogens (tertiary/aromatic N) is 3. The molecule has 3 aliphatic rings. The van der Waals surface area contributed by atoms with Crippen molar-refractivity contribution in [1.82, 2.24) is 14.8 Å². The smallest absolute Gasteiger partial charge is 0.475 e. The summed E-state index contributed by atoms with van der Waals surface area (Å²) in [6, 6.07) is 6.26. The highest BCUT2D eigenvalue weighted by atomic mass is 19.4. The molecular formula is C23H31F6N3O5. The first-order valence-corrected chi connectivity index (χ1v) is 11.7. The maximum atomic E-state index is 10.6. The largest absolute Gasteiger partial charge is 0.490 e. The highest BCUT2D eigenvalue weighted by Gasteiger charge is 2.42. The number of carbonyl (C=O) groups is 2. The number of aromatic nitrogens is 1. The Labute approximate surface area is 210 Å². The molecule has 2 atom stereocenters. The van der Waals surface area contributed by atoms with Crippen LogP contribution in [0.4, 0.5) is 26.3 Å². The van der Waals surface area contributed by atoms with Crippen molar-refractivity contribution in [3.05, 3.63) is 30.1 Å². The van der Waals surface area contributed by atoms with E-state index in [-0.39, 0.29) is 0 Å². The van der Waals surface area contributed by atoms with Gasteiger partial charge in [-0.1, -0.05) is 6.07 Å². The summed E-state index contributed by atoms with van der Waals surface area (Å²) in [7, 11) is 0. The molecule has 0 aliphatic carbocycles. The molecule has 1 spiro atoms. The second-order valence-electron chi connectivity index (χ2n) is 9.46. The maximum Gasteiger partial charge on any atom is 0.490 e. The average Bonchev–Trinajstić information content (AvgIpc) is 3.45. The van der Waals surface area contributed by atoms with Gasteiger partial charge in [0.25, 0.3) is 0 Å². The molecule has 4 rings (SSSR count). The second kappa shape index (κ2) is 13.4. The minimum absolute atomic E-state index is 0.534. The SMILES string of the molecule is O=C(O)C(F)(F)F.O=C(O)C(F)(F)F.c1ccc(CN2CCCC3(CCN(CC4CCOC4)C3)C2)nc1. The van der Waals surface area contributed by atoms with Crippen molar-refractivity contribution < 1.29 is 50.9 Å². The Morgan fingerprint density at radius 2 is 1.62 bits per heavy atom. The maximum absolute atomic E-state index is 10.6. The lowest BCUT2D eigenvalue weighted by Crippen LogP contribution is -2.44. The first-order valence-electron chi connectivity index (χ1n) is 11.7. The normalized spacial score (nSPS) is 24.6. The second-order valence-corrected chi connectivity index (χ2v) is 9.46. The molecule has 2 N–H and O–H groups in total. The van der Waals surface area contributed by atoms with Crippen LogP contribution in [0.25, 0.3) is 0 Å². The molecule has 1 aromatic rings. The Bertz CT molecular complexity index is 841. The van der Waals surface area contributed by atoms with Crippen molar-refractivity contribution >= 4 is 11.9 Å². The number of aliphatic carboxylic acids is 2. The summed E-state index contributed by atoms with van der Waals surface area (Å²) in [5, 5.41) is 14.2. The summed E-state index contributed by atoms with van der Waals surface area (Å²) < 4.78 is 69.0. The van der Waals surface area contributed by atoms with E-state index in [1.807, 2.05) is 12.3 Å². The highest BCUT2D eigenvalue weighted by molar-refractivity contribution is 5.73. The average molecular weight is 544 g/mol. The molecule has 3 aliphatic heterocycles. The summed E-state index contributed by atoms with van der Waals surface area (Å²) in [4.78, 5) is 27.6. The Morgan fingerprint density at radius 3 is 2.14 bits per heavy atom. The van der Waals surface area contributed by atoms with Crippen molar-refractivity contribution in [2.45, 2.75) is 44.6 Å². The summed E-state index contributed by atoms with van der Waals surface area (Å²) in [5.41, 5.74) is 1.74. The first kappa shape index (κ1) is 30.8. The van der Waals surface area contributed by atoms with Gasteiger partial charge in [0.15, 0.2) is 0 Å². The van der Waals surface area contributed by atoms with E-state index in [1.54, 1.807) is 0 Å². The van der Waals surface area contributed by atoms with Gasteiger partial charge in [-0.3, -0.25) is 9.88 Å². The topological polar surface area (TPSA) is 103 Å². The van der Waals surface area contributed by atoms with Gasteiger partial charge < -0.3 is 19.8 Å². The molecule has 14 heteroatoms. The van der Waals surface area contributed by atoms with E-state index in [1.165, 1.54) is 64.1 Å². The van der Waals surface area contributed by atoms with Crippen molar-refractivity contribution in [1.29, 1.82) is 0 Å². The van der Waals surface area contributed by atoms with E-state index in [0.717, 1.165) is 25.7 Å². The van der Waals surface area contributed by atoms with Gasteiger partial charge in [-0.25, -0.2) is 9.59 Å². The van der Waals surface area contributed by atoms with E-state index >= 15 is 0 Å². The Balaban J connectivity index is 0.000000286. The van der Waals surface area contributed by atoms with Gasteiger partial charge in [0, 0.05) is 39.0 Å². The zero-order valence-electron chi connectivity index (χ0n) is 20.1. The number of carboxylic acids is 2. The minimum Gasteiger partial charge on any atom is -0.475 e.